The molecule has 4 amide bonds. The number of carbonyl (C=O) groups excluding carboxylic acids is 4. The number of para-hydroxylation sites is 2. The van der Waals surface area contributed by atoms with Crippen molar-refractivity contribution in [2.45, 2.75) is 32.1 Å². The number of imide groups is 2. The molecule has 9 rings (SSSR count). The van der Waals surface area contributed by atoms with E-state index in [2.05, 4.69) is 20.6 Å². The molecule has 4 N–H and O–H groups in total. The Hall–Kier alpha value is -5.12. The number of nitrogens with one attached hydrogen (secondary N) is 4. The number of aromatic amines is 2. The minimum atomic E-state index is -0.403. The molecular weight excluding hydrogens is 544 g/mol. The van der Waals surface area contributed by atoms with Gasteiger partial charge in [0.05, 0.1) is 11.1 Å². The van der Waals surface area contributed by atoms with E-state index < -0.39 is 11.8 Å². The highest BCUT2D eigenvalue weighted by molar-refractivity contribution is 6.38. The second-order valence-electron chi connectivity index (χ2n) is 11.6. The molecule has 2 aromatic heterocycles. The molecule has 4 aromatic rings. The lowest BCUT2D eigenvalue weighted by Crippen LogP contribution is -2.48. The Bertz CT molecular complexity index is 1810. The minimum Gasteiger partial charge on any atom is -0.363 e. The van der Waals surface area contributed by atoms with Gasteiger partial charge in [0.15, 0.2) is 0 Å². The molecule has 0 spiro atoms. The number of benzene rings is 2. The van der Waals surface area contributed by atoms with Gasteiger partial charge in [-0.2, -0.15) is 0 Å². The summed E-state index contributed by atoms with van der Waals surface area (Å²) in [4.78, 5) is 64.3. The van der Waals surface area contributed by atoms with Crippen LogP contribution < -0.4 is 10.6 Å². The van der Waals surface area contributed by atoms with E-state index in [9.17, 15) is 19.2 Å². The van der Waals surface area contributed by atoms with Crippen molar-refractivity contribution < 1.29 is 19.2 Å². The van der Waals surface area contributed by atoms with Crippen LogP contribution in [0, 0.1) is 0 Å². The number of nitrogens with zero attached hydrogens (tertiary/aromatic N) is 2. The fourth-order valence-corrected chi connectivity index (χ4v) is 7.23. The third-order valence-corrected chi connectivity index (χ3v) is 9.15. The van der Waals surface area contributed by atoms with Crippen molar-refractivity contribution in [3.05, 3.63) is 82.4 Å². The maximum Gasteiger partial charge on any atom is 0.275 e. The zero-order valence-corrected chi connectivity index (χ0v) is 23.5. The highest BCUT2D eigenvalue weighted by Gasteiger charge is 2.41. The number of carbonyl (C=O) groups is 4. The van der Waals surface area contributed by atoms with E-state index in [-0.39, 0.29) is 11.8 Å². The monoisotopic (exact) mass is 574 g/mol. The average molecular weight is 575 g/mol. The van der Waals surface area contributed by atoms with Gasteiger partial charge >= 0.3 is 0 Å². The van der Waals surface area contributed by atoms with Gasteiger partial charge in [-0.25, -0.2) is 0 Å². The normalized spacial score (nSPS) is 19.5. The summed E-state index contributed by atoms with van der Waals surface area (Å²) in [5, 5.41) is 6.94. The maximum absolute atomic E-state index is 13.4. The lowest BCUT2D eigenvalue weighted by molar-refractivity contribution is -0.126. The van der Waals surface area contributed by atoms with Gasteiger partial charge < -0.3 is 19.8 Å². The molecule has 0 aliphatic carbocycles. The highest BCUT2D eigenvalue weighted by atomic mass is 16.2. The van der Waals surface area contributed by atoms with Gasteiger partial charge in [0.1, 0.15) is 11.4 Å². The van der Waals surface area contributed by atoms with Crippen LogP contribution in [0.5, 0.6) is 0 Å². The second-order valence-corrected chi connectivity index (χ2v) is 11.6. The Morgan fingerprint density at radius 2 is 0.930 bits per heavy atom. The summed E-state index contributed by atoms with van der Waals surface area (Å²) in [6.45, 7) is 1.65. The first-order chi connectivity index (χ1) is 21.0. The summed E-state index contributed by atoms with van der Waals surface area (Å²) >= 11 is 0. The van der Waals surface area contributed by atoms with Crippen LogP contribution in [-0.4, -0.2) is 69.6 Å². The Labute approximate surface area is 246 Å². The van der Waals surface area contributed by atoms with Gasteiger partial charge in [0.2, 0.25) is 0 Å². The van der Waals surface area contributed by atoms with E-state index in [1.807, 2.05) is 58.3 Å². The Morgan fingerprint density at radius 1 is 0.512 bits per heavy atom. The molecule has 0 saturated carbocycles. The van der Waals surface area contributed by atoms with Crippen LogP contribution in [0.4, 0.5) is 0 Å². The zero-order chi connectivity index (χ0) is 29.2. The number of rotatable bonds is 0. The fourth-order valence-electron chi connectivity index (χ4n) is 7.23. The molecule has 10 heteroatoms. The summed E-state index contributed by atoms with van der Waals surface area (Å²) in [5.41, 5.74) is 6.94. The number of fused-ring (bicyclic) bond motifs is 8. The third kappa shape index (κ3) is 3.93. The molecule has 7 heterocycles. The lowest BCUT2D eigenvalue weighted by atomic mass is 9.96. The van der Waals surface area contributed by atoms with E-state index in [0.717, 1.165) is 76.4 Å². The van der Waals surface area contributed by atoms with Gasteiger partial charge in [-0.3, -0.25) is 29.8 Å². The highest BCUT2D eigenvalue weighted by Crippen LogP contribution is 2.38. The Balaban J connectivity index is 1.29. The summed E-state index contributed by atoms with van der Waals surface area (Å²) in [6, 6.07) is 15.8. The molecule has 2 bridgehead atoms. The Morgan fingerprint density at radius 3 is 1.37 bits per heavy atom. The van der Waals surface area contributed by atoms with Crippen LogP contribution in [-0.2, 0) is 32.0 Å². The van der Waals surface area contributed by atoms with E-state index in [1.54, 1.807) is 0 Å². The lowest BCUT2D eigenvalue weighted by Gasteiger charge is -2.37. The predicted octanol–water partition coefficient (Wildman–Crippen LogP) is 2.97. The summed E-state index contributed by atoms with van der Waals surface area (Å²) in [5.74, 6) is -1.58. The zero-order valence-electron chi connectivity index (χ0n) is 23.5. The molecule has 0 atom stereocenters. The van der Waals surface area contributed by atoms with Crippen molar-refractivity contribution in [1.82, 2.24) is 30.4 Å². The molecule has 0 radical (unpaired) electrons. The van der Waals surface area contributed by atoms with E-state index in [1.165, 1.54) is 0 Å². The van der Waals surface area contributed by atoms with Crippen molar-refractivity contribution in [3.8, 4) is 0 Å². The van der Waals surface area contributed by atoms with Crippen LogP contribution in [0.2, 0.25) is 0 Å². The first-order valence-corrected chi connectivity index (χ1v) is 14.9. The van der Waals surface area contributed by atoms with Gasteiger partial charge in [-0.15, -0.1) is 0 Å². The smallest absolute Gasteiger partial charge is 0.275 e. The van der Waals surface area contributed by atoms with E-state index in [0.29, 0.717) is 48.7 Å². The number of piperazine rings is 1. The quantitative estimate of drug-likeness (QED) is 0.239. The maximum atomic E-state index is 13.4. The number of aromatic nitrogens is 2. The topological polar surface area (TPSA) is 130 Å². The average Bonchev–Trinajstić information content (AvgIpc) is 3.71. The first-order valence-electron chi connectivity index (χ1n) is 14.9. The van der Waals surface area contributed by atoms with Crippen molar-refractivity contribution in [2.75, 3.05) is 26.2 Å². The molecule has 43 heavy (non-hydrogen) atoms. The predicted molar refractivity (Wildman–Crippen MR) is 161 cm³/mol. The van der Waals surface area contributed by atoms with Crippen LogP contribution in [0.1, 0.15) is 41.8 Å². The molecule has 5 aliphatic heterocycles. The second kappa shape index (κ2) is 9.72. The van der Waals surface area contributed by atoms with Crippen LogP contribution in [0.3, 0.4) is 0 Å². The van der Waals surface area contributed by atoms with Gasteiger partial charge in [0, 0.05) is 70.5 Å². The van der Waals surface area contributed by atoms with Crippen LogP contribution in [0.15, 0.2) is 59.9 Å². The van der Waals surface area contributed by atoms with Crippen molar-refractivity contribution in [1.29, 1.82) is 0 Å². The Kier molecular flexibility index (Phi) is 5.78. The van der Waals surface area contributed by atoms with Crippen molar-refractivity contribution >= 4 is 56.6 Å². The molecular formula is C33H30N6O4. The number of aryl methyl sites for hydroxylation is 2. The molecule has 1 fully saturated rings. The van der Waals surface area contributed by atoms with E-state index >= 15 is 0 Å². The molecule has 1 saturated heterocycles. The van der Waals surface area contributed by atoms with Gasteiger partial charge in [0.25, 0.3) is 23.6 Å². The van der Waals surface area contributed by atoms with Crippen molar-refractivity contribution in [3.63, 3.8) is 0 Å². The minimum absolute atomic E-state index is 0.375. The van der Waals surface area contributed by atoms with Crippen LogP contribution >= 0.6 is 0 Å². The number of hydrogen-bond acceptors (Lipinski definition) is 6. The molecule has 2 aromatic carbocycles. The first kappa shape index (κ1) is 25.6. The summed E-state index contributed by atoms with van der Waals surface area (Å²) < 4.78 is 0. The van der Waals surface area contributed by atoms with E-state index in [4.69, 9.17) is 0 Å². The van der Waals surface area contributed by atoms with Crippen LogP contribution in [0.25, 0.3) is 33.0 Å². The van der Waals surface area contributed by atoms with Gasteiger partial charge in [-0.1, -0.05) is 42.8 Å². The number of amides is 4. The third-order valence-electron chi connectivity index (χ3n) is 9.15. The number of hydrogen-bond donors (Lipinski definition) is 4. The molecule has 216 valence electrons. The summed E-state index contributed by atoms with van der Waals surface area (Å²) in [6.07, 6.45) is 4.11. The molecule has 0 unspecified atom stereocenters. The van der Waals surface area contributed by atoms with Gasteiger partial charge in [-0.05, 0) is 37.8 Å². The number of H-pyrrole nitrogens is 2. The SMILES string of the molecule is O=C1NC(=O)C2=C1c1c([nH]c3ccccc13)CCCCCc1[nH]c3ccccc3c1C1=C(C(=O)NC1=O)N1CCN2CC1. The summed E-state index contributed by atoms with van der Waals surface area (Å²) in [7, 11) is 0. The molecule has 5 aliphatic rings. The standard InChI is InChI=1S/C33H30N6O4/c40-30-26-24-18-8-4-6-10-20(18)34-22(24)12-2-1-3-13-23-25(19-9-5-7-11-21(19)35-23)27-29(33(43)37-31(27)41)39-16-14-38(15-17-39)28(26)32(42)36-30/h4-11,34-35H,1-3,12-17H2,(H,36,40,42)(H,37,41,43). The fraction of sp³-hybridized carbons (Fsp3) is 0.273. The van der Waals surface area contributed by atoms with Crippen molar-refractivity contribution in [2.24, 2.45) is 0 Å². The molecule has 10 nitrogen and oxygen atoms in total. The largest absolute Gasteiger partial charge is 0.363 e.